The van der Waals surface area contributed by atoms with Gasteiger partial charge in [0.25, 0.3) is 0 Å². The second-order valence-corrected chi connectivity index (χ2v) is 9.05. The van der Waals surface area contributed by atoms with Crippen LogP contribution in [0.3, 0.4) is 0 Å². The summed E-state index contributed by atoms with van der Waals surface area (Å²) in [6.07, 6.45) is 6.12. The molecule has 0 radical (unpaired) electrons. The van der Waals surface area contributed by atoms with Crippen molar-refractivity contribution in [2.24, 2.45) is 0 Å². The summed E-state index contributed by atoms with van der Waals surface area (Å²) in [7, 11) is 0. The van der Waals surface area contributed by atoms with Crippen LogP contribution in [0.15, 0.2) is 48.7 Å². The molecule has 6 nitrogen and oxygen atoms in total. The van der Waals surface area contributed by atoms with Crippen molar-refractivity contribution < 1.29 is 14.6 Å². The van der Waals surface area contributed by atoms with Gasteiger partial charge < -0.3 is 15.2 Å². The maximum Gasteiger partial charge on any atom is 0.354 e. The van der Waals surface area contributed by atoms with Crippen molar-refractivity contribution in [2.45, 2.75) is 55.8 Å². The lowest BCUT2D eigenvalue weighted by Gasteiger charge is -2.38. The summed E-state index contributed by atoms with van der Waals surface area (Å²) in [5.41, 5.74) is 2.63. The molecular weight excluding hydrogens is 378 g/mol. The van der Waals surface area contributed by atoms with Gasteiger partial charge in [0.15, 0.2) is 0 Å². The minimum atomic E-state index is -0.982. The Kier molecular flexibility index (Phi) is 5.31. The van der Waals surface area contributed by atoms with Gasteiger partial charge in [0.05, 0.1) is 12.2 Å². The Bertz CT molecular complexity index is 878. The Morgan fingerprint density at radius 2 is 2.00 bits per heavy atom. The van der Waals surface area contributed by atoms with Crippen molar-refractivity contribution in [3.8, 4) is 0 Å². The third-order valence-electron chi connectivity index (χ3n) is 6.89. The van der Waals surface area contributed by atoms with E-state index in [1.807, 2.05) is 6.07 Å². The Morgan fingerprint density at radius 1 is 1.20 bits per heavy atom. The van der Waals surface area contributed by atoms with E-state index in [-0.39, 0.29) is 11.3 Å². The number of pyridine rings is 1. The van der Waals surface area contributed by atoms with E-state index < -0.39 is 5.97 Å². The van der Waals surface area contributed by atoms with Crippen molar-refractivity contribution in [3.63, 3.8) is 0 Å². The number of aromatic nitrogens is 1. The van der Waals surface area contributed by atoms with Gasteiger partial charge in [-0.1, -0.05) is 36.4 Å². The van der Waals surface area contributed by atoms with Crippen molar-refractivity contribution in [3.05, 3.63) is 65.5 Å². The van der Waals surface area contributed by atoms with Gasteiger partial charge in [0, 0.05) is 43.8 Å². The van der Waals surface area contributed by atoms with Gasteiger partial charge in [-0.25, -0.2) is 9.78 Å². The predicted octanol–water partition coefficient (Wildman–Crippen LogP) is 3.05. The smallest absolute Gasteiger partial charge is 0.354 e. The second-order valence-electron chi connectivity index (χ2n) is 9.05. The van der Waals surface area contributed by atoms with E-state index in [2.05, 4.69) is 45.5 Å². The van der Waals surface area contributed by atoms with E-state index in [1.54, 1.807) is 12.3 Å². The zero-order valence-corrected chi connectivity index (χ0v) is 17.2. The molecule has 1 aliphatic carbocycles. The lowest BCUT2D eigenvalue weighted by atomic mass is 9.87. The third kappa shape index (κ3) is 4.26. The number of likely N-dealkylation sites (tertiary alicyclic amines) is 1. The van der Waals surface area contributed by atoms with Crippen LogP contribution in [0.1, 0.15) is 53.2 Å². The van der Waals surface area contributed by atoms with Crippen LogP contribution in [0.4, 0.5) is 0 Å². The standard InChI is InChI=1S/C24H29N3O3/c28-23(29)21-7-6-17(14-25-21)15-27-10-8-24(9-11-27)13-19(16-30-24)26-22-12-20(22)18-4-2-1-3-5-18/h1-7,14,19-20,22,26H,8-13,15-16H2,(H,28,29)/t19?,20-,22?/m0/s1. The molecule has 6 heteroatoms. The number of nitrogens with one attached hydrogen (secondary N) is 1. The van der Waals surface area contributed by atoms with Crippen molar-refractivity contribution >= 4 is 5.97 Å². The van der Waals surface area contributed by atoms with Gasteiger partial charge in [0.1, 0.15) is 5.69 Å². The summed E-state index contributed by atoms with van der Waals surface area (Å²) < 4.78 is 6.34. The number of carboxylic acid groups (broad SMARTS) is 1. The Balaban J connectivity index is 1.09. The van der Waals surface area contributed by atoms with Crippen LogP contribution < -0.4 is 5.32 Å². The summed E-state index contributed by atoms with van der Waals surface area (Å²) in [4.78, 5) is 17.4. The minimum absolute atomic E-state index is 0.0245. The SMILES string of the molecule is O=C(O)c1ccc(CN2CCC3(CC2)CC(NC2C[C@H]2c2ccccc2)CO3)cn1. The Labute approximate surface area is 177 Å². The number of rotatable bonds is 6. The van der Waals surface area contributed by atoms with E-state index in [0.29, 0.717) is 18.0 Å². The average Bonchev–Trinajstić information content (AvgIpc) is 3.43. The van der Waals surface area contributed by atoms with Crippen LogP contribution in [0.25, 0.3) is 0 Å². The lowest BCUT2D eigenvalue weighted by Crippen LogP contribution is -2.44. The maximum absolute atomic E-state index is 10.9. The molecule has 5 rings (SSSR count). The molecule has 1 aromatic carbocycles. The Morgan fingerprint density at radius 3 is 2.70 bits per heavy atom. The molecule has 3 aliphatic rings. The number of benzene rings is 1. The molecule has 1 saturated carbocycles. The largest absolute Gasteiger partial charge is 0.477 e. The summed E-state index contributed by atoms with van der Waals surface area (Å²) in [6, 6.07) is 15.3. The minimum Gasteiger partial charge on any atom is -0.477 e. The normalized spacial score (nSPS) is 27.9. The van der Waals surface area contributed by atoms with Crippen LogP contribution in [0.5, 0.6) is 0 Å². The van der Waals surface area contributed by atoms with Crippen LogP contribution in [-0.4, -0.2) is 58.3 Å². The lowest BCUT2D eigenvalue weighted by molar-refractivity contribution is -0.0449. The van der Waals surface area contributed by atoms with Gasteiger partial charge in [-0.2, -0.15) is 0 Å². The first-order chi connectivity index (χ1) is 14.6. The first kappa shape index (κ1) is 19.7. The van der Waals surface area contributed by atoms with E-state index in [1.165, 1.54) is 12.0 Å². The zero-order valence-electron chi connectivity index (χ0n) is 17.2. The highest BCUT2D eigenvalue weighted by Crippen LogP contribution is 2.43. The van der Waals surface area contributed by atoms with Crippen LogP contribution >= 0.6 is 0 Å². The zero-order chi connectivity index (χ0) is 20.6. The second kappa shape index (κ2) is 8.10. The van der Waals surface area contributed by atoms with Gasteiger partial charge in [-0.05, 0) is 42.9 Å². The number of hydrogen-bond donors (Lipinski definition) is 2. The number of carbonyl (C=O) groups is 1. The Hall–Kier alpha value is -2.28. The number of hydrogen-bond acceptors (Lipinski definition) is 5. The van der Waals surface area contributed by atoms with Gasteiger partial charge >= 0.3 is 5.97 Å². The van der Waals surface area contributed by atoms with Gasteiger partial charge in [0.2, 0.25) is 0 Å². The molecule has 3 fully saturated rings. The summed E-state index contributed by atoms with van der Waals surface area (Å²) >= 11 is 0. The van der Waals surface area contributed by atoms with Crippen LogP contribution in [-0.2, 0) is 11.3 Å². The summed E-state index contributed by atoms with van der Waals surface area (Å²) in [5.74, 6) is -0.324. The molecule has 2 saturated heterocycles. The highest BCUT2D eigenvalue weighted by molar-refractivity contribution is 5.85. The highest BCUT2D eigenvalue weighted by Gasteiger charge is 2.46. The van der Waals surface area contributed by atoms with Crippen molar-refractivity contribution in [1.82, 2.24) is 15.2 Å². The molecule has 2 aliphatic heterocycles. The molecule has 3 atom stereocenters. The fourth-order valence-corrected chi connectivity index (χ4v) is 5.07. The number of piperidine rings is 1. The quantitative estimate of drug-likeness (QED) is 0.767. The van der Waals surface area contributed by atoms with Gasteiger partial charge in [-0.3, -0.25) is 4.90 Å². The molecule has 2 unspecified atom stereocenters. The highest BCUT2D eigenvalue weighted by atomic mass is 16.5. The van der Waals surface area contributed by atoms with Crippen LogP contribution in [0, 0.1) is 0 Å². The van der Waals surface area contributed by atoms with Gasteiger partial charge in [-0.15, -0.1) is 0 Å². The maximum atomic E-state index is 10.9. The summed E-state index contributed by atoms with van der Waals surface area (Å²) in [5, 5.41) is 12.8. The molecule has 0 bridgehead atoms. The molecule has 1 spiro atoms. The predicted molar refractivity (Wildman–Crippen MR) is 114 cm³/mol. The molecule has 1 aromatic heterocycles. The monoisotopic (exact) mass is 407 g/mol. The van der Waals surface area contributed by atoms with E-state index in [9.17, 15) is 4.79 Å². The topological polar surface area (TPSA) is 74.7 Å². The first-order valence-corrected chi connectivity index (χ1v) is 11.0. The van der Waals surface area contributed by atoms with Crippen LogP contribution in [0.2, 0.25) is 0 Å². The fourth-order valence-electron chi connectivity index (χ4n) is 5.07. The molecule has 158 valence electrons. The molecule has 2 N–H and O–H groups in total. The van der Waals surface area contributed by atoms with Crippen molar-refractivity contribution in [2.75, 3.05) is 19.7 Å². The fraction of sp³-hybridized carbons (Fsp3) is 0.500. The molecule has 0 amide bonds. The average molecular weight is 408 g/mol. The number of aromatic carboxylic acids is 1. The number of carboxylic acids is 1. The third-order valence-corrected chi connectivity index (χ3v) is 6.89. The van der Waals surface area contributed by atoms with Crippen molar-refractivity contribution in [1.29, 1.82) is 0 Å². The number of ether oxygens (including phenoxy) is 1. The molecule has 2 aromatic rings. The molecule has 3 heterocycles. The molecular formula is C24H29N3O3. The summed E-state index contributed by atoms with van der Waals surface area (Å²) in [6.45, 7) is 3.64. The number of nitrogens with zero attached hydrogens (tertiary/aromatic N) is 2. The van der Waals surface area contributed by atoms with E-state index >= 15 is 0 Å². The molecule has 30 heavy (non-hydrogen) atoms. The van der Waals surface area contributed by atoms with E-state index in [4.69, 9.17) is 9.84 Å². The first-order valence-electron chi connectivity index (χ1n) is 11.0. The van der Waals surface area contributed by atoms with E-state index in [0.717, 1.165) is 51.1 Å².